The second-order valence-electron chi connectivity index (χ2n) is 7.89. The normalized spacial score (nSPS) is 11.0. The van der Waals surface area contributed by atoms with Crippen LogP contribution < -0.4 is 10.1 Å². The number of aromatic nitrogens is 6. The van der Waals surface area contributed by atoms with Crippen LogP contribution in [0.4, 0.5) is 0 Å². The third-order valence-corrected chi connectivity index (χ3v) is 5.98. The maximum atomic E-state index is 12.5. The van der Waals surface area contributed by atoms with Gasteiger partial charge in [0.15, 0.2) is 10.6 Å². The van der Waals surface area contributed by atoms with Crippen LogP contribution >= 0.6 is 12.2 Å². The summed E-state index contributed by atoms with van der Waals surface area (Å²) in [7, 11) is 1.62. The van der Waals surface area contributed by atoms with E-state index in [0.717, 1.165) is 33.7 Å². The van der Waals surface area contributed by atoms with Gasteiger partial charge in [0.05, 0.1) is 18.1 Å². The number of rotatable bonds is 8. The lowest BCUT2D eigenvalue weighted by Gasteiger charge is -2.09. The number of fused-ring (bicyclic) bond motifs is 1. The number of nitrogens with one attached hydrogen (secondary N) is 2. The van der Waals surface area contributed by atoms with Gasteiger partial charge in [0.1, 0.15) is 17.9 Å². The molecule has 2 aromatic carbocycles. The molecule has 0 aliphatic rings. The number of methoxy groups -OCH3 is 1. The second-order valence-corrected chi connectivity index (χ2v) is 8.27. The van der Waals surface area contributed by atoms with Crippen molar-refractivity contribution in [3.63, 3.8) is 0 Å². The molecule has 0 fully saturated rings. The van der Waals surface area contributed by atoms with E-state index in [1.165, 1.54) is 0 Å². The Morgan fingerprint density at radius 2 is 1.91 bits per heavy atom. The summed E-state index contributed by atoms with van der Waals surface area (Å²) in [5, 5.41) is 10.1. The van der Waals surface area contributed by atoms with Gasteiger partial charge in [-0.2, -0.15) is 5.10 Å². The Morgan fingerprint density at radius 3 is 2.69 bits per heavy atom. The fourth-order valence-electron chi connectivity index (χ4n) is 3.79. The molecule has 0 atom stereocenters. The first kappa shape index (κ1) is 22.5. The van der Waals surface area contributed by atoms with Crippen molar-refractivity contribution in [2.75, 3.05) is 7.11 Å². The van der Waals surface area contributed by atoms with Gasteiger partial charge in [0.2, 0.25) is 5.91 Å². The summed E-state index contributed by atoms with van der Waals surface area (Å²) < 4.78 is 9.44. The predicted octanol–water partition coefficient (Wildman–Crippen LogP) is 4.06. The molecule has 35 heavy (non-hydrogen) atoms. The molecule has 0 spiro atoms. The number of aromatic amines is 1. The molecule has 10 heteroatoms. The number of carbonyl (C=O) groups excluding carboxylic acids is 1. The van der Waals surface area contributed by atoms with Crippen molar-refractivity contribution in [1.82, 2.24) is 34.6 Å². The minimum atomic E-state index is -0.0848. The van der Waals surface area contributed by atoms with Crippen LogP contribution in [0.15, 0.2) is 73.2 Å². The minimum Gasteiger partial charge on any atom is -0.497 e. The van der Waals surface area contributed by atoms with E-state index in [9.17, 15) is 4.79 Å². The molecule has 176 valence electrons. The van der Waals surface area contributed by atoms with Crippen molar-refractivity contribution in [1.29, 1.82) is 0 Å². The quantitative estimate of drug-likeness (QED) is 0.322. The molecule has 0 saturated heterocycles. The fraction of sp³-hybridized carbons (Fsp3) is 0.160. The predicted molar refractivity (Wildman–Crippen MR) is 135 cm³/mol. The molecule has 0 bridgehead atoms. The number of pyridine rings is 1. The smallest absolute Gasteiger partial charge is 0.222 e. The van der Waals surface area contributed by atoms with E-state index in [1.807, 2.05) is 69.8 Å². The van der Waals surface area contributed by atoms with Crippen molar-refractivity contribution in [3.8, 4) is 23.0 Å². The summed E-state index contributed by atoms with van der Waals surface area (Å²) in [6.45, 7) is 0.798. The van der Waals surface area contributed by atoms with Gasteiger partial charge in [-0.15, -0.1) is 0 Å². The largest absolute Gasteiger partial charge is 0.497 e. The van der Waals surface area contributed by atoms with Crippen LogP contribution in [0.5, 0.6) is 5.75 Å². The standard InChI is InChI=1S/C25H23N7O2S/c1-34-19-9-7-18(8-10-19)24-29-30-25(35)31(24)13-12-23(33)27-15-17-6-11-22(26-14-17)32-16-28-20-4-2-3-5-21(20)32/h2-11,14,16H,12-13,15H2,1H3,(H,27,33)(H,30,35). The van der Waals surface area contributed by atoms with Crippen molar-refractivity contribution in [3.05, 3.63) is 83.5 Å². The lowest BCUT2D eigenvalue weighted by molar-refractivity contribution is -0.121. The molecule has 3 heterocycles. The first-order valence-electron chi connectivity index (χ1n) is 11.1. The van der Waals surface area contributed by atoms with E-state index in [4.69, 9.17) is 17.0 Å². The van der Waals surface area contributed by atoms with Gasteiger partial charge >= 0.3 is 0 Å². The van der Waals surface area contributed by atoms with Gasteiger partial charge in [0.25, 0.3) is 0 Å². The van der Waals surface area contributed by atoms with E-state index >= 15 is 0 Å². The Hall–Kier alpha value is -4.31. The van der Waals surface area contributed by atoms with Gasteiger partial charge in [-0.25, -0.2) is 9.97 Å². The number of H-pyrrole nitrogens is 1. The zero-order chi connectivity index (χ0) is 24.2. The third-order valence-electron chi connectivity index (χ3n) is 5.67. The fourth-order valence-corrected chi connectivity index (χ4v) is 4.02. The third kappa shape index (κ3) is 4.82. The highest BCUT2D eigenvalue weighted by atomic mass is 32.1. The van der Waals surface area contributed by atoms with Crippen LogP contribution in [-0.4, -0.2) is 42.3 Å². The van der Waals surface area contributed by atoms with Crippen molar-refractivity contribution >= 4 is 29.2 Å². The molecule has 5 rings (SSSR count). The number of nitrogens with zero attached hydrogens (tertiary/aromatic N) is 5. The summed E-state index contributed by atoms with van der Waals surface area (Å²) in [4.78, 5) is 21.5. The summed E-state index contributed by atoms with van der Waals surface area (Å²) in [5.74, 6) is 2.12. The molecular weight excluding hydrogens is 462 g/mol. The Labute approximate surface area is 206 Å². The number of amides is 1. The van der Waals surface area contributed by atoms with E-state index < -0.39 is 0 Å². The minimum absolute atomic E-state index is 0.0848. The molecule has 0 unspecified atom stereocenters. The van der Waals surface area contributed by atoms with Gasteiger partial charge < -0.3 is 10.1 Å². The molecule has 5 aromatic rings. The first-order chi connectivity index (χ1) is 17.1. The number of benzene rings is 2. The average molecular weight is 486 g/mol. The van der Waals surface area contributed by atoms with E-state index in [1.54, 1.807) is 19.6 Å². The molecule has 0 radical (unpaired) electrons. The van der Waals surface area contributed by atoms with Crippen LogP contribution in [0, 0.1) is 4.77 Å². The summed E-state index contributed by atoms with van der Waals surface area (Å²) in [6, 6.07) is 19.3. The van der Waals surface area contributed by atoms with E-state index in [0.29, 0.717) is 23.7 Å². The zero-order valence-electron chi connectivity index (χ0n) is 19.0. The maximum Gasteiger partial charge on any atom is 0.222 e. The number of hydrogen-bond donors (Lipinski definition) is 2. The van der Waals surface area contributed by atoms with Crippen LogP contribution in [-0.2, 0) is 17.9 Å². The molecule has 3 aromatic heterocycles. The van der Waals surface area contributed by atoms with E-state index in [-0.39, 0.29) is 12.3 Å². The van der Waals surface area contributed by atoms with Crippen LogP contribution in [0.25, 0.3) is 28.2 Å². The summed E-state index contributed by atoms with van der Waals surface area (Å²) >= 11 is 5.36. The molecule has 9 nitrogen and oxygen atoms in total. The van der Waals surface area contributed by atoms with Crippen LogP contribution in [0.1, 0.15) is 12.0 Å². The highest BCUT2D eigenvalue weighted by Crippen LogP contribution is 2.21. The first-order valence-corrected chi connectivity index (χ1v) is 11.5. The van der Waals surface area contributed by atoms with Crippen LogP contribution in [0.3, 0.4) is 0 Å². The highest BCUT2D eigenvalue weighted by molar-refractivity contribution is 7.71. The molecule has 2 N–H and O–H groups in total. The molecule has 0 saturated carbocycles. The second kappa shape index (κ2) is 9.90. The highest BCUT2D eigenvalue weighted by Gasteiger charge is 2.11. The Morgan fingerprint density at radius 1 is 1.09 bits per heavy atom. The summed E-state index contributed by atoms with van der Waals surface area (Å²) in [6.07, 6.45) is 3.79. The molecule has 1 amide bonds. The van der Waals surface area contributed by atoms with Gasteiger partial charge in [-0.05, 0) is 60.2 Å². The Kier molecular flexibility index (Phi) is 6.36. The lowest BCUT2D eigenvalue weighted by atomic mass is 10.2. The number of ether oxygens (including phenoxy) is 1. The SMILES string of the molecule is COc1ccc(-c2n[nH]c(=S)n2CCC(=O)NCc2ccc(-n3cnc4ccccc43)nc2)cc1. The monoisotopic (exact) mass is 485 g/mol. The van der Waals surface area contributed by atoms with Crippen molar-refractivity contribution in [2.45, 2.75) is 19.5 Å². The average Bonchev–Trinajstić information content (AvgIpc) is 3.50. The van der Waals surface area contributed by atoms with Gasteiger partial charge in [0, 0.05) is 31.3 Å². The maximum absolute atomic E-state index is 12.5. The number of carbonyl (C=O) groups is 1. The molecule has 0 aliphatic carbocycles. The van der Waals surface area contributed by atoms with Crippen molar-refractivity contribution < 1.29 is 9.53 Å². The Bertz CT molecular complexity index is 1520. The number of imidazole rings is 1. The number of hydrogen-bond acceptors (Lipinski definition) is 6. The lowest BCUT2D eigenvalue weighted by Crippen LogP contribution is -2.24. The van der Waals surface area contributed by atoms with Gasteiger partial charge in [-0.3, -0.25) is 19.0 Å². The topological polar surface area (TPSA) is 103 Å². The van der Waals surface area contributed by atoms with Crippen LogP contribution in [0.2, 0.25) is 0 Å². The summed E-state index contributed by atoms with van der Waals surface area (Å²) in [5.41, 5.74) is 3.70. The van der Waals surface area contributed by atoms with Gasteiger partial charge in [-0.1, -0.05) is 18.2 Å². The zero-order valence-corrected chi connectivity index (χ0v) is 19.8. The van der Waals surface area contributed by atoms with E-state index in [2.05, 4.69) is 25.5 Å². The molecular formula is C25H23N7O2S. The molecule has 0 aliphatic heterocycles. The van der Waals surface area contributed by atoms with Crippen molar-refractivity contribution in [2.24, 2.45) is 0 Å². The Balaban J connectivity index is 1.19. The number of para-hydroxylation sites is 2.